The first-order valence-electron chi connectivity index (χ1n) is 8.47. The topological polar surface area (TPSA) is 95.2 Å². The van der Waals surface area contributed by atoms with Crippen LogP contribution in [0.3, 0.4) is 0 Å². The number of benzene rings is 2. The molecule has 2 aromatic carbocycles. The summed E-state index contributed by atoms with van der Waals surface area (Å²) in [5, 5.41) is 7.29. The molecule has 8 nitrogen and oxygen atoms in total. The van der Waals surface area contributed by atoms with E-state index in [4.69, 9.17) is 14.0 Å². The number of nitrogens with zero attached hydrogens (tertiary/aromatic N) is 4. The predicted molar refractivity (Wildman–Crippen MR) is 104 cm³/mol. The molecule has 0 fully saturated rings. The van der Waals surface area contributed by atoms with Crippen LogP contribution in [0.15, 0.2) is 65.6 Å². The normalized spacial score (nSPS) is 10.5. The summed E-state index contributed by atoms with van der Waals surface area (Å²) < 4.78 is 16.0. The van der Waals surface area contributed by atoms with Crippen LogP contribution in [0.1, 0.15) is 0 Å². The van der Waals surface area contributed by atoms with Crippen molar-refractivity contribution < 1.29 is 14.0 Å². The summed E-state index contributed by atoms with van der Waals surface area (Å²) in [5.41, 5.74) is 2.22. The molecule has 4 rings (SSSR count). The minimum absolute atomic E-state index is 0.322. The second kappa shape index (κ2) is 7.75. The van der Waals surface area contributed by atoms with Gasteiger partial charge in [0, 0.05) is 23.5 Å². The van der Waals surface area contributed by atoms with E-state index in [1.807, 2.05) is 48.5 Å². The van der Waals surface area contributed by atoms with Gasteiger partial charge in [-0.1, -0.05) is 35.5 Å². The summed E-state index contributed by atoms with van der Waals surface area (Å²) in [6.07, 6.45) is 3.07. The fraction of sp³-hybridized carbons (Fsp3) is 0.100. The van der Waals surface area contributed by atoms with Crippen LogP contribution < -0.4 is 14.8 Å². The van der Waals surface area contributed by atoms with Gasteiger partial charge in [-0.15, -0.1) is 0 Å². The Hall–Kier alpha value is -3.94. The molecule has 8 heteroatoms. The quantitative estimate of drug-likeness (QED) is 0.541. The number of anilines is 2. The lowest BCUT2D eigenvalue weighted by Crippen LogP contribution is -1.99. The maximum atomic E-state index is 5.44. The minimum Gasteiger partial charge on any atom is -0.493 e. The highest BCUT2D eigenvalue weighted by molar-refractivity contribution is 5.74. The second-order valence-corrected chi connectivity index (χ2v) is 5.77. The largest absolute Gasteiger partial charge is 0.493 e. The SMILES string of the molecule is COc1ccc(Nc2ncncc2-c2nc(-c3ccccc3)no2)cc1OC. The average Bonchev–Trinajstić information content (AvgIpc) is 3.25. The van der Waals surface area contributed by atoms with Gasteiger partial charge in [-0.2, -0.15) is 4.98 Å². The van der Waals surface area contributed by atoms with E-state index in [2.05, 4.69) is 25.4 Å². The van der Waals surface area contributed by atoms with Gasteiger partial charge in [0.2, 0.25) is 5.82 Å². The Bertz CT molecular complexity index is 1080. The van der Waals surface area contributed by atoms with E-state index in [1.165, 1.54) is 6.33 Å². The Morgan fingerprint density at radius 2 is 1.79 bits per heavy atom. The molecule has 0 saturated carbocycles. The lowest BCUT2D eigenvalue weighted by molar-refractivity contribution is 0.355. The van der Waals surface area contributed by atoms with E-state index < -0.39 is 0 Å². The number of rotatable bonds is 6. The van der Waals surface area contributed by atoms with Crippen LogP contribution in [0.5, 0.6) is 11.5 Å². The molecule has 140 valence electrons. The number of methoxy groups -OCH3 is 2. The standard InChI is InChI=1S/C20H17N5O3/c1-26-16-9-8-14(10-17(16)27-2)23-19-15(11-21-12-22-19)20-24-18(25-28-20)13-6-4-3-5-7-13/h3-12H,1-2H3,(H,21,22,23). The van der Waals surface area contributed by atoms with E-state index >= 15 is 0 Å². The Morgan fingerprint density at radius 1 is 0.964 bits per heavy atom. The van der Waals surface area contributed by atoms with Crippen LogP contribution in [0.2, 0.25) is 0 Å². The molecule has 0 aliphatic carbocycles. The van der Waals surface area contributed by atoms with Gasteiger partial charge < -0.3 is 19.3 Å². The molecule has 2 aromatic heterocycles. The molecular formula is C20H17N5O3. The molecule has 0 atom stereocenters. The van der Waals surface area contributed by atoms with E-state index in [-0.39, 0.29) is 0 Å². The summed E-state index contributed by atoms with van der Waals surface area (Å²) in [7, 11) is 3.18. The van der Waals surface area contributed by atoms with Gasteiger partial charge in [0.1, 0.15) is 17.7 Å². The van der Waals surface area contributed by atoms with Crippen molar-refractivity contribution in [2.75, 3.05) is 19.5 Å². The van der Waals surface area contributed by atoms with Gasteiger partial charge in [-0.25, -0.2) is 9.97 Å². The van der Waals surface area contributed by atoms with Gasteiger partial charge in [-0.3, -0.25) is 0 Å². The maximum absolute atomic E-state index is 5.44. The van der Waals surface area contributed by atoms with Crippen LogP contribution in [-0.2, 0) is 0 Å². The van der Waals surface area contributed by atoms with Crippen molar-refractivity contribution in [2.45, 2.75) is 0 Å². The Kier molecular flexibility index (Phi) is 4.83. The zero-order chi connectivity index (χ0) is 19.3. The molecule has 28 heavy (non-hydrogen) atoms. The monoisotopic (exact) mass is 375 g/mol. The van der Waals surface area contributed by atoms with Crippen LogP contribution in [-0.4, -0.2) is 34.3 Å². The molecule has 0 bridgehead atoms. The van der Waals surface area contributed by atoms with Gasteiger partial charge in [0.05, 0.1) is 14.2 Å². The molecule has 0 saturated heterocycles. The van der Waals surface area contributed by atoms with Gasteiger partial charge >= 0.3 is 0 Å². The third-order valence-corrected chi connectivity index (χ3v) is 4.05. The summed E-state index contributed by atoms with van der Waals surface area (Å²) in [4.78, 5) is 12.9. The van der Waals surface area contributed by atoms with Crippen molar-refractivity contribution in [3.8, 4) is 34.3 Å². The fourth-order valence-electron chi connectivity index (χ4n) is 2.67. The number of ether oxygens (including phenoxy) is 2. The first-order valence-corrected chi connectivity index (χ1v) is 8.47. The molecule has 2 heterocycles. The third kappa shape index (κ3) is 3.48. The van der Waals surface area contributed by atoms with Gasteiger partial charge in [0.25, 0.3) is 5.89 Å². The van der Waals surface area contributed by atoms with Crippen molar-refractivity contribution in [3.63, 3.8) is 0 Å². The Balaban J connectivity index is 1.66. The number of aromatic nitrogens is 4. The van der Waals surface area contributed by atoms with Crippen LogP contribution in [0.25, 0.3) is 22.8 Å². The zero-order valence-corrected chi connectivity index (χ0v) is 15.3. The van der Waals surface area contributed by atoms with Crippen molar-refractivity contribution in [3.05, 3.63) is 61.1 Å². The fourth-order valence-corrected chi connectivity index (χ4v) is 2.67. The van der Waals surface area contributed by atoms with E-state index in [9.17, 15) is 0 Å². The van der Waals surface area contributed by atoms with Crippen molar-refractivity contribution >= 4 is 11.5 Å². The molecule has 4 aromatic rings. The number of hydrogen-bond donors (Lipinski definition) is 1. The third-order valence-electron chi connectivity index (χ3n) is 4.05. The van der Waals surface area contributed by atoms with Gasteiger partial charge in [-0.05, 0) is 12.1 Å². The minimum atomic E-state index is 0.322. The van der Waals surface area contributed by atoms with Gasteiger partial charge in [0.15, 0.2) is 11.5 Å². The molecule has 1 N–H and O–H groups in total. The van der Waals surface area contributed by atoms with E-state index in [0.29, 0.717) is 34.6 Å². The molecule has 0 radical (unpaired) electrons. The Morgan fingerprint density at radius 3 is 2.57 bits per heavy atom. The highest BCUT2D eigenvalue weighted by Crippen LogP contribution is 2.33. The Labute approximate surface area is 161 Å². The van der Waals surface area contributed by atoms with Crippen molar-refractivity contribution in [1.82, 2.24) is 20.1 Å². The van der Waals surface area contributed by atoms with E-state index in [0.717, 1.165) is 11.3 Å². The molecule has 0 unspecified atom stereocenters. The first kappa shape index (κ1) is 17.5. The number of nitrogens with one attached hydrogen (secondary N) is 1. The van der Waals surface area contributed by atoms with Crippen molar-refractivity contribution in [1.29, 1.82) is 0 Å². The van der Waals surface area contributed by atoms with Crippen molar-refractivity contribution in [2.24, 2.45) is 0 Å². The summed E-state index contributed by atoms with van der Waals surface area (Å²) in [5.74, 6) is 2.59. The lowest BCUT2D eigenvalue weighted by Gasteiger charge is -2.11. The molecule has 0 aliphatic heterocycles. The van der Waals surface area contributed by atoms with Crippen LogP contribution in [0, 0.1) is 0 Å². The zero-order valence-electron chi connectivity index (χ0n) is 15.3. The average molecular weight is 375 g/mol. The highest BCUT2D eigenvalue weighted by Gasteiger charge is 2.16. The highest BCUT2D eigenvalue weighted by atomic mass is 16.5. The molecule has 0 amide bonds. The van der Waals surface area contributed by atoms with Crippen LogP contribution >= 0.6 is 0 Å². The summed E-state index contributed by atoms with van der Waals surface area (Å²) in [6, 6.07) is 15.1. The maximum Gasteiger partial charge on any atom is 0.263 e. The first-order chi connectivity index (χ1) is 13.8. The predicted octanol–water partition coefficient (Wildman–Crippen LogP) is 3.95. The summed E-state index contributed by atoms with van der Waals surface area (Å²) in [6.45, 7) is 0. The lowest BCUT2D eigenvalue weighted by atomic mass is 10.2. The smallest absolute Gasteiger partial charge is 0.263 e. The second-order valence-electron chi connectivity index (χ2n) is 5.77. The molecule has 0 aliphatic rings. The van der Waals surface area contributed by atoms with E-state index in [1.54, 1.807) is 20.4 Å². The number of hydrogen-bond acceptors (Lipinski definition) is 8. The summed E-state index contributed by atoms with van der Waals surface area (Å²) >= 11 is 0. The molecular weight excluding hydrogens is 358 g/mol. The molecule has 0 spiro atoms. The van der Waals surface area contributed by atoms with Crippen LogP contribution in [0.4, 0.5) is 11.5 Å².